The minimum Gasteiger partial charge on any atom is -0.295 e. The van der Waals surface area contributed by atoms with Gasteiger partial charge in [-0.25, -0.2) is 0 Å². The van der Waals surface area contributed by atoms with Gasteiger partial charge >= 0.3 is 0 Å². The van der Waals surface area contributed by atoms with E-state index in [0.29, 0.717) is 0 Å². The van der Waals surface area contributed by atoms with Crippen molar-refractivity contribution in [1.82, 2.24) is 0 Å². The van der Waals surface area contributed by atoms with Crippen LogP contribution in [0.3, 0.4) is 0 Å². The Morgan fingerprint density at radius 2 is 1.00 bits per heavy atom. The average Bonchev–Trinajstić information content (AvgIpc) is 3.32. The Hall–Kier alpha value is -3.45. The van der Waals surface area contributed by atoms with Gasteiger partial charge in [0.2, 0.25) is 0 Å². The normalized spacial score (nSPS) is 12.2. The zero-order valence-corrected chi connectivity index (χ0v) is 16.5. The standard InChI is InChI=1S/C15H12O.C13H10/c1-10(16)12-7-4-8-14-13-6-3-2-5-11(13)9-15(12)14;1-3-7-12-10(5-1)9-11-6-2-4-8-13(11)12/h2-8H,9H2,1H3;1-8H,9H2. The fraction of sp³-hybridized carbons (Fsp3) is 0.107. The zero-order chi connectivity index (χ0) is 19.8. The summed E-state index contributed by atoms with van der Waals surface area (Å²) in [7, 11) is 0. The van der Waals surface area contributed by atoms with Gasteiger partial charge in [-0.1, -0.05) is 91.0 Å². The van der Waals surface area contributed by atoms with Gasteiger partial charge in [-0.3, -0.25) is 4.79 Å². The third kappa shape index (κ3) is 3.09. The van der Waals surface area contributed by atoms with Gasteiger partial charge in [0.1, 0.15) is 0 Å². The molecule has 4 aromatic carbocycles. The SMILES string of the molecule is CC(=O)c1cccc2c1Cc1ccccc1-2.c1ccc2c(c1)Cc1ccccc1-2. The van der Waals surface area contributed by atoms with Crippen LogP contribution in [0.4, 0.5) is 0 Å². The van der Waals surface area contributed by atoms with Crippen LogP contribution in [-0.4, -0.2) is 5.78 Å². The van der Waals surface area contributed by atoms with E-state index >= 15 is 0 Å². The Morgan fingerprint density at radius 3 is 1.55 bits per heavy atom. The van der Waals surface area contributed by atoms with Gasteiger partial charge in [-0.2, -0.15) is 0 Å². The summed E-state index contributed by atoms with van der Waals surface area (Å²) >= 11 is 0. The molecule has 0 heterocycles. The molecular weight excluding hydrogens is 352 g/mol. The third-order valence-electron chi connectivity index (χ3n) is 5.94. The van der Waals surface area contributed by atoms with E-state index in [-0.39, 0.29) is 5.78 Å². The Kier molecular flexibility index (Phi) is 4.37. The topological polar surface area (TPSA) is 17.1 Å². The molecular formula is C28H22O. The smallest absolute Gasteiger partial charge is 0.160 e. The second-order valence-electron chi connectivity index (χ2n) is 7.71. The summed E-state index contributed by atoms with van der Waals surface area (Å²) in [6.07, 6.45) is 1.99. The summed E-state index contributed by atoms with van der Waals surface area (Å²) in [5.74, 6) is 0.157. The lowest BCUT2D eigenvalue weighted by molar-refractivity contribution is 0.101. The average molecular weight is 374 g/mol. The zero-order valence-electron chi connectivity index (χ0n) is 16.5. The number of benzene rings is 4. The van der Waals surface area contributed by atoms with Gasteiger partial charge in [-0.15, -0.1) is 0 Å². The number of carbonyl (C=O) groups excluding carboxylic acids is 1. The highest BCUT2D eigenvalue weighted by atomic mass is 16.1. The summed E-state index contributed by atoms with van der Waals surface area (Å²) in [5.41, 5.74) is 11.6. The first kappa shape index (κ1) is 17.6. The first-order valence-corrected chi connectivity index (χ1v) is 10.1. The molecule has 1 nitrogen and oxygen atoms in total. The van der Waals surface area contributed by atoms with Crippen LogP contribution in [0.1, 0.15) is 39.5 Å². The van der Waals surface area contributed by atoms with Crippen molar-refractivity contribution < 1.29 is 4.79 Å². The highest BCUT2D eigenvalue weighted by molar-refractivity contribution is 5.98. The van der Waals surface area contributed by atoms with Crippen molar-refractivity contribution in [3.63, 3.8) is 0 Å². The summed E-state index contributed by atoms with van der Waals surface area (Å²) < 4.78 is 0. The molecule has 0 aliphatic heterocycles. The molecule has 0 aromatic heterocycles. The highest BCUT2D eigenvalue weighted by Gasteiger charge is 2.21. The summed E-state index contributed by atoms with van der Waals surface area (Å²) in [4.78, 5) is 11.6. The quantitative estimate of drug-likeness (QED) is 0.292. The van der Waals surface area contributed by atoms with Crippen molar-refractivity contribution in [3.8, 4) is 22.3 Å². The van der Waals surface area contributed by atoms with Crippen LogP contribution in [0.2, 0.25) is 0 Å². The number of hydrogen-bond acceptors (Lipinski definition) is 1. The van der Waals surface area contributed by atoms with E-state index in [9.17, 15) is 4.79 Å². The maximum Gasteiger partial charge on any atom is 0.160 e. The molecule has 0 spiro atoms. The van der Waals surface area contributed by atoms with Gasteiger partial charge in [0.05, 0.1) is 0 Å². The third-order valence-corrected chi connectivity index (χ3v) is 5.94. The molecule has 29 heavy (non-hydrogen) atoms. The monoisotopic (exact) mass is 374 g/mol. The van der Waals surface area contributed by atoms with E-state index in [1.807, 2.05) is 18.2 Å². The Morgan fingerprint density at radius 1 is 0.552 bits per heavy atom. The molecule has 0 N–H and O–H groups in total. The fourth-order valence-corrected chi connectivity index (χ4v) is 4.57. The van der Waals surface area contributed by atoms with Gasteiger partial charge in [0, 0.05) is 5.56 Å². The Labute approximate surface area is 171 Å². The molecule has 0 fully saturated rings. The summed E-state index contributed by atoms with van der Waals surface area (Å²) in [5, 5.41) is 0. The summed E-state index contributed by atoms with van der Waals surface area (Å²) in [6.45, 7) is 1.64. The number of hydrogen-bond donors (Lipinski definition) is 0. The molecule has 0 atom stereocenters. The number of ketones is 1. The van der Waals surface area contributed by atoms with E-state index in [0.717, 1.165) is 18.4 Å². The Bertz CT molecular complexity index is 1190. The van der Waals surface area contributed by atoms with Gasteiger partial charge in [0.25, 0.3) is 0 Å². The largest absolute Gasteiger partial charge is 0.295 e. The molecule has 0 unspecified atom stereocenters. The predicted octanol–water partition coefficient (Wildman–Crippen LogP) is 6.72. The van der Waals surface area contributed by atoms with Crippen LogP contribution in [0.25, 0.3) is 22.3 Å². The molecule has 0 bridgehead atoms. The number of fused-ring (bicyclic) bond motifs is 6. The van der Waals surface area contributed by atoms with E-state index < -0.39 is 0 Å². The second-order valence-corrected chi connectivity index (χ2v) is 7.71. The van der Waals surface area contributed by atoms with Crippen molar-refractivity contribution in [2.24, 2.45) is 0 Å². The summed E-state index contributed by atoms with van der Waals surface area (Å²) in [6, 6.07) is 31.7. The van der Waals surface area contributed by atoms with Gasteiger partial charge in [-0.05, 0) is 64.3 Å². The van der Waals surface area contributed by atoms with Crippen molar-refractivity contribution in [2.75, 3.05) is 0 Å². The van der Waals surface area contributed by atoms with Crippen LogP contribution >= 0.6 is 0 Å². The number of carbonyl (C=O) groups is 1. The minimum absolute atomic E-state index is 0.157. The van der Waals surface area contributed by atoms with Gasteiger partial charge < -0.3 is 0 Å². The fourth-order valence-electron chi connectivity index (χ4n) is 4.57. The molecule has 4 aromatic rings. The van der Waals surface area contributed by atoms with Crippen molar-refractivity contribution in [1.29, 1.82) is 0 Å². The van der Waals surface area contributed by atoms with E-state index in [1.165, 1.54) is 44.5 Å². The van der Waals surface area contributed by atoms with Crippen LogP contribution in [0, 0.1) is 0 Å². The van der Waals surface area contributed by atoms with Crippen LogP contribution < -0.4 is 0 Å². The second kappa shape index (κ2) is 7.18. The molecule has 6 rings (SSSR count). The van der Waals surface area contributed by atoms with Crippen molar-refractivity contribution in [3.05, 3.63) is 119 Å². The number of rotatable bonds is 1. The minimum atomic E-state index is 0.157. The van der Waals surface area contributed by atoms with Crippen LogP contribution in [-0.2, 0) is 12.8 Å². The molecule has 140 valence electrons. The molecule has 0 saturated heterocycles. The highest BCUT2D eigenvalue weighted by Crippen LogP contribution is 2.38. The molecule has 1 heteroatoms. The van der Waals surface area contributed by atoms with E-state index in [4.69, 9.17) is 0 Å². The van der Waals surface area contributed by atoms with Gasteiger partial charge in [0.15, 0.2) is 5.78 Å². The molecule has 0 amide bonds. The van der Waals surface area contributed by atoms with Crippen molar-refractivity contribution in [2.45, 2.75) is 19.8 Å². The first-order valence-electron chi connectivity index (χ1n) is 10.1. The van der Waals surface area contributed by atoms with E-state index in [2.05, 4.69) is 72.8 Å². The first-order chi connectivity index (χ1) is 14.2. The lowest BCUT2D eigenvalue weighted by Gasteiger charge is -2.04. The lowest BCUT2D eigenvalue weighted by Crippen LogP contribution is -1.97. The van der Waals surface area contributed by atoms with Crippen LogP contribution in [0.5, 0.6) is 0 Å². The van der Waals surface area contributed by atoms with Crippen LogP contribution in [0.15, 0.2) is 91.0 Å². The Balaban J connectivity index is 0.000000128. The maximum atomic E-state index is 11.6. The lowest BCUT2D eigenvalue weighted by atomic mass is 9.99. The van der Waals surface area contributed by atoms with E-state index in [1.54, 1.807) is 6.92 Å². The van der Waals surface area contributed by atoms with Crippen molar-refractivity contribution >= 4 is 5.78 Å². The molecule has 2 aliphatic rings. The maximum absolute atomic E-state index is 11.6. The molecule has 2 aliphatic carbocycles. The molecule has 0 saturated carbocycles. The molecule has 0 radical (unpaired) electrons. The number of Topliss-reactive ketones (excluding diaryl/α,β-unsaturated/α-hetero) is 1. The predicted molar refractivity (Wildman–Crippen MR) is 119 cm³/mol.